The molecule has 0 aromatic rings. The van der Waals surface area contributed by atoms with Crippen LogP contribution in [0.25, 0.3) is 0 Å². The quantitative estimate of drug-likeness (QED) is 0.100. The zero-order chi connectivity index (χ0) is 22.7. The predicted molar refractivity (Wildman–Crippen MR) is 132 cm³/mol. The van der Waals surface area contributed by atoms with E-state index >= 15 is 0 Å². The smallest absolute Gasteiger partial charge is 0.305 e. The van der Waals surface area contributed by atoms with E-state index in [4.69, 9.17) is 14.2 Å². The van der Waals surface area contributed by atoms with E-state index in [9.17, 15) is 4.79 Å². The van der Waals surface area contributed by atoms with E-state index in [0.29, 0.717) is 32.8 Å². The van der Waals surface area contributed by atoms with E-state index in [1.165, 1.54) is 96.3 Å². The van der Waals surface area contributed by atoms with Gasteiger partial charge in [0.05, 0.1) is 19.8 Å². The molecule has 0 amide bonds. The van der Waals surface area contributed by atoms with E-state index in [1.54, 1.807) is 0 Å². The molecule has 0 atom stereocenters. The average Bonchev–Trinajstić information content (AvgIpc) is 2.77. The van der Waals surface area contributed by atoms with Gasteiger partial charge in [0.15, 0.2) is 0 Å². The molecule has 0 saturated heterocycles. The van der Waals surface area contributed by atoms with Crippen LogP contribution in [0.2, 0.25) is 0 Å². The van der Waals surface area contributed by atoms with Crippen LogP contribution in [-0.2, 0) is 19.0 Å². The minimum Gasteiger partial charge on any atom is -0.463 e. The van der Waals surface area contributed by atoms with Crippen molar-refractivity contribution >= 4 is 5.97 Å². The van der Waals surface area contributed by atoms with Gasteiger partial charge in [-0.15, -0.1) is 0 Å². The van der Waals surface area contributed by atoms with Crippen LogP contribution in [0, 0.1) is 0 Å². The van der Waals surface area contributed by atoms with Gasteiger partial charge in [-0.3, -0.25) is 4.79 Å². The minimum atomic E-state index is -0.0909. The second-order valence-corrected chi connectivity index (χ2v) is 8.85. The summed E-state index contributed by atoms with van der Waals surface area (Å²) in [5.74, 6) is -0.0909. The zero-order valence-corrected chi connectivity index (χ0v) is 21.1. The van der Waals surface area contributed by atoms with Gasteiger partial charge in [-0.2, -0.15) is 0 Å². The van der Waals surface area contributed by atoms with E-state index in [1.807, 2.05) is 0 Å². The highest BCUT2D eigenvalue weighted by Crippen LogP contribution is 2.14. The van der Waals surface area contributed by atoms with Crippen molar-refractivity contribution in [3.05, 3.63) is 0 Å². The molecule has 0 heterocycles. The van der Waals surface area contributed by atoms with E-state index < -0.39 is 0 Å². The van der Waals surface area contributed by atoms with Gasteiger partial charge >= 0.3 is 5.97 Å². The molecule has 0 aliphatic rings. The SMILES string of the molecule is CCCCCCCCCCCCCCCCCCCC(=O)OCCOCCOCCC. The standard InChI is InChI=1S/C27H54O4/c1-3-5-6-7-8-9-10-11-12-13-14-15-16-17-18-19-20-21-27(28)31-26-25-30-24-23-29-22-4-2/h3-26H2,1-2H3. The summed E-state index contributed by atoms with van der Waals surface area (Å²) in [5.41, 5.74) is 0. The Morgan fingerprint density at radius 3 is 1.29 bits per heavy atom. The van der Waals surface area contributed by atoms with Gasteiger partial charge in [-0.25, -0.2) is 0 Å². The van der Waals surface area contributed by atoms with Gasteiger partial charge in [0.1, 0.15) is 6.61 Å². The molecular weight excluding hydrogens is 388 g/mol. The molecule has 0 N–H and O–H groups in total. The van der Waals surface area contributed by atoms with Crippen LogP contribution in [0.15, 0.2) is 0 Å². The molecule has 0 aromatic heterocycles. The highest BCUT2D eigenvalue weighted by molar-refractivity contribution is 5.69. The third-order valence-corrected chi connectivity index (χ3v) is 5.70. The maximum Gasteiger partial charge on any atom is 0.305 e. The van der Waals surface area contributed by atoms with Crippen molar-refractivity contribution in [1.82, 2.24) is 0 Å². The van der Waals surface area contributed by atoms with Gasteiger partial charge in [0.25, 0.3) is 0 Å². The first-order valence-electron chi connectivity index (χ1n) is 13.6. The van der Waals surface area contributed by atoms with Crippen LogP contribution in [0.1, 0.15) is 136 Å². The molecule has 0 rings (SSSR count). The molecular formula is C27H54O4. The molecule has 0 spiro atoms. The molecule has 4 heteroatoms. The van der Waals surface area contributed by atoms with Gasteiger partial charge in [-0.05, 0) is 12.8 Å². The first kappa shape index (κ1) is 30.4. The Morgan fingerprint density at radius 2 is 0.839 bits per heavy atom. The molecule has 4 nitrogen and oxygen atoms in total. The summed E-state index contributed by atoms with van der Waals surface area (Å²) < 4.78 is 15.9. The summed E-state index contributed by atoms with van der Waals surface area (Å²) in [5, 5.41) is 0. The molecule has 0 aromatic carbocycles. The van der Waals surface area contributed by atoms with Crippen LogP contribution < -0.4 is 0 Å². The first-order chi connectivity index (χ1) is 15.3. The molecule has 0 aliphatic heterocycles. The Labute approximate surface area is 194 Å². The van der Waals surface area contributed by atoms with Gasteiger partial charge in [0.2, 0.25) is 0 Å². The number of unbranched alkanes of at least 4 members (excludes halogenated alkanes) is 16. The molecule has 0 unspecified atom stereocenters. The largest absolute Gasteiger partial charge is 0.463 e. The molecule has 0 aliphatic carbocycles. The summed E-state index contributed by atoms with van der Waals surface area (Å²) in [6.07, 6.45) is 24.6. The third-order valence-electron chi connectivity index (χ3n) is 5.70. The number of ether oxygens (including phenoxy) is 3. The lowest BCUT2D eigenvalue weighted by atomic mass is 10.0. The fourth-order valence-electron chi connectivity index (χ4n) is 3.75. The van der Waals surface area contributed by atoms with Crippen molar-refractivity contribution in [1.29, 1.82) is 0 Å². The number of hydrogen-bond donors (Lipinski definition) is 0. The third kappa shape index (κ3) is 27.4. The van der Waals surface area contributed by atoms with E-state index in [2.05, 4.69) is 13.8 Å². The Morgan fingerprint density at radius 1 is 0.452 bits per heavy atom. The number of hydrogen-bond acceptors (Lipinski definition) is 4. The number of carbonyl (C=O) groups excluding carboxylic acids is 1. The lowest BCUT2D eigenvalue weighted by molar-refractivity contribution is -0.145. The second kappa shape index (κ2) is 27.4. The summed E-state index contributed by atoms with van der Waals surface area (Å²) in [4.78, 5) is 11.7. The van der Waals surface area contributed by atoms with Crippen molar-refractivity contribution in [2.75, 3.05) is 33.0 Å². The Balaban J connectivity index is 3.11. The van der Waals surface area contributed by atoms with Crippen LogP contribution in [-0.4, -0.2) is 39.0 Å². The Kier molecular flexibility index (Phi) is 26.9. The molecule has 0 fully saturated rings. The number of carbonyl (C=O) groups is 1. The number of esters is 1. The van der Waals surface area contributed by atoms with Gasteiger partial charge in [-0.1, -0.05) is 117 Å². The average molecular weight is 443 g/mol. The van der Waals surface area contributed by atoms with Gasteiger partial charge < -0.3 is 14.2 Å². The minimum absolute atomic E-state index is 0.0909. The maximum atomic E-state index is 11.7. The van der Waals surface area contributed by atoms with E-state index in [0.717, 1.165) is 25.9 Å². The van der Waals surface area contributed by atoms with Crippen molar-refractivity contribution in [3.63, 3.8) is 0 Å². The maximum absolute atomic E-state index is 11.7. The monoisotopic (exact) mass is 442 g/mol. The van der Waals surface area contributed by atoms with Crippen LogP contribution in [0.5, 0.6) is 0 Å². The summed E-state index contributed by atoms with van der Waals surface area (Å²) in [6, 6.07) is 0. The van der Waals surface area contributed by atoms with Crippen molar-refractivity contribution in [3.8, 4) is 0 Å². The normalized spacial score (nSPS) is 11.2. The summed E-state index contributed by atoms with van der Waals surface area (Å²) >= 11 is 0. The highest BCUT2D eigenvalue weighted by Gasteiger charge is 2.02. The Hall–Kier alpha value is -0.610. The van der Waals surface area contributed by atoms with Crippen molar-refractivity contribution < 1.29 is 19.0 Å². The highest BCUT2D eigenvalue weighted by atomic mass is 16.6. The van der Waals surface area contributed by atoms with E-state index in [-0.39, 0.29) is 5.97 Å². The molecule has 31 heavy (non-hydrogen) atoms. The number of rotatable bonds is 26. The molecule has 0 bridgehead atoms. The predicted octanol–water partition coefficient (Wildman–Crippen LogP) is 8.01. The molecule has 186 valence electrons. The second-order valence-electron chi connectivity index (χ2n) is 8.85. The molecule has 0 saturated carbocycles. The summed E-state index contributed by atoms with van der Waals surface area (Å²) in [7, 11) is 0. The van der Waals surface area contributed by atoms with Crippen LogP contribution in [0.3, 0.4) is 0 Å². The van der Waals surface area contributed by atoms with Gasteiger partial charge in [0, 0.05) is 13.0 Å². The fraction of sp³-hybridized carbons (Fsp3) is 0.963. The van der Waals surface area contributed by atoms with Crippen molar-refractivity contribution in [2.24, 2.45) is 0 Å². The topological polar surface area (TPSA) is 44.8 Å². The lowest BCUT2D eigenvalue weighted by Gasteiger charge is -2.07. The van der Waals surface area contributed by atoms with Crippen LogP contribution in [0.4, 0.5) is 0 Å². The van der Waals surface area contributed by atoms with Crippen LogP contribution >= 0.6 is 0 Å². The lowest BCUT2D eigenvalue weighted by Crippen LogP contribution is -2.12. The van der Waals surface area contributed by atoms with Crippen molar-refractivity contribution in [2.45, 2.75) is 136 Å². The first-order valence-corrected chi connectivity index (χ1v) is 13.6. The molecule has 0 radical (unpaired) electrons. The fourth-order valence-corrected chi connectivity index (χ4v) is 3.75. The summed E-state index contributed by atoms with van der Waals surface area (Å²) in [6.45, 7) is 7.13. The zero-order valence-electron chi connectivity index (χ0n) is 21.1. The Bertz CT molecular complexity index is 346.